The molecule has 1 fully saturated rings. The Bertz CT molecular complexity index is 1040. The van der Waals surface area contributed by atoms with Crippen molar-refractivity contribution >= 4 is 11.8 Å². The van der Waals surface area contributed by atoms with Gasteiger partial charge < -0.3 is 10.6 Å². The van der Waals surface area contributed by atoms with Gasteiger partial charge in [-0.1, -0.05) is 12.1 Å². The smallest absolute Gasteiger partial charge is 0.253 e. The number of primary amides is 1. The number of likely N-dealkylation sites (tertiary alicyclic amines) is 1. The molecule has 3 aromatic rings. The van der Waals surface area contributed by atoms with Gasteiger partial charge in [-0.2, -0.15) is 0 Å². The number of piperidine rings is 1. The molecule has 1 aromatic carbocycles. The molecule has 29 heavy (non-hydrogen) atoms. The quantitative estimate of drug-likeness (QED) is 0.741. The molecule has 7 heteroatoms. The Labute approximate surface area is 168 Å². The van der Waals surface area contributed by atoms with Gasteiger partial charge in [0.05, 0.1) is 11.4 Å². The van der Waals surface area contributed by atoms with Crippen LogP contribution in [-0.4, -0.2) is 44.8 Å². The van der Waals surface area contributed by atoms with Crippen LogP contribution in [0.25, 0.3) is 11.3 Å². The number of pyridine rings is 1. The highest BCUT2D eigenvalue weighted by atomic mass is 16.2. The Morgan fingerprint density at radius 3 is 2.59 bits per heavy atom. The number of nitrogens with zero attached hydrogens (tertiary/aromatic N) is 4. The largest absolute Gasteiger partial charge is 0.366 e. The van der Waals surface area contributed by atoms with Crippen LogP contribution >= 0.6 is 0 Å². The second-order valence-corrected chi connectivity index (χ2v) is 7.06. The Morgan fingerprint density at radius 1 is 1.00 bits per heavy atom. The van der Waals surface area contributed by atoms with Crippen molar-refractivity contribution in [2.75, 3.05) is 13.1 Å². The Balaban J connectivity index is 1.63. The van der Waals surface area contributed by atoms with Gasteiger partial charge in [0.25, 0.3) is 5.91 Å². The van der Waals surface area contributed by atoms with E-state index in [9.17, 15) is 9.59 Å². The summed E-state index contributed by atoms with van der Waals surface area (Å²) in [6.07, 6.45) is 8.36. The van der Waals surface area contributed by atoms with E-state index < -0.39 is 5.91 Å². The fourth-order valence-corrected chi connectivity index (χ4v) is 3.75. The fraction of sp³-hybridized carbons (Fsp3) is 0.227. The van der Waals surface area contributed by atoms with Gasteiger partial charge in [0.15, 0.2) is 0 Å². The first-order valence-electron chi connectivity index (χ1n) is 9.54. The van der Waals surface area contributed by atoms with E-state index in [4.69, 9.17) is 5.73 Å². The molecule has 4 rings (SSSR count). The van der Waals surface area contributed by atoms with Crippen LogP contribution in [0.3, 0.4) is 0 Å². The number of rotatable bonds is 4. The molecule has 3 heterocycles. The van der Waals surface area contributed by atoms with Crippen molar-refractivity contribution in [2.45, 2.75) is 18.8 Å². The molecule has 0 radical (unpaired) electrons. The maximum Gasteiger partial charge on any atom is 0.253 e. The highest BCUT2D eigenvalue weighted by Crippen LogP contribution is 2.32. The first-order chi connectivity index (χ1) is 14.1. The average Bonchev–Trinajstić information content (AvgIpc) is 2.79. The van der Waals surface area contributed by atoms with Crippen LogP contribution < -0.4 is 5.73 Å². The minimum atomic E-state index is -0.482. The molecular weight excluding hydrogens is 366 g/mol. The van der Waals surface area contributed by atoms with E-state index in [-0.39, 0.29) is 11.8 Å². The summed E-state index contributed by atoms with van der Waals surface area (Å²) in [6, 6.07) is 10.6. The molecule has 0 bridgehead atoms. The second kappa shape index (κ2) is 8.18. The minimum absolute atomic E-state index is 0.00161. The molecule has 1 aliphatic heterocycles. The molecule has 1 atom stereocenters. The topological polar surface area (TPSA) is 102 Å². The number of carbonyl (C=O) groups excluding carboxylic acids is 2. The number of carbonyl (C=O) groups is 2. The van der Waals surface area contributed by atoms with Crippen LogP contribution in [0.4, 0.5) is 0 Å². The second-order valence-electron chi connectivity index (χ2n) is 7.06. The van der Waals surface area contributed by atoms with Crippen LogP contribution in [0, 0.1) is 0 Å². The van der Waals surface area contributed by atoms with Gasteiger partial charge in [-0.05, 0) is 37.1 Å². The molecule has 0 spiro atoms. The lowest BCUT2D eigenvalue weighted by Gasteiger charge is -2.33. The zero-order chi connectivity index (χ0) is 20.2. The molecular formula is C22H21N5O2. The van der Waals surface area contributed by atoms with E-state index in [1.54, 1.807) is 55.1 Å². The van der Waals surface area contributed by atoms with Crippen LogP contribution in [0.15, 0.2) is 61.2 Å². The molecule has 1 aliphatic rings. The molecule has 0 saturated carbocycles. The fourth-order valence-electron chi connectivity index (χ4n) is 3.75. The number of hydrogen-bond donors (Lipinski definition) is 1. The number of aromatic nitrogens is 3. The van der Waals surface area contributed by atoms with Gasteiger partial charge in [0.2, 0.25) is 5.91 Å². The van der Waals surface area contributed by atoms with Gasteiger partial charge in [-0.25, -0.2) is 0 Å². The van der Waals surface area contributed by atoms with Crippen molar-refractivity contribution in [2.24, 2.45) is 5.73 Å². The number of amides is 2. The Hall–Kier alpha value is -3.61. The summed E-state index contributed by atoms with van der Waals surface area (Å²) in [6.45, 7) is 1.28. The third-order valence-electron chi connectivity index (χ3n) is 5.17. The predicted octanol–water partition coefficient (Wildman–Crippen LogP) is 2.66. The predicted molar refractivity (Wildman–Crippen MR) is 108 cm³/mol. The van der Waals surface area contributed by atoms with Crippen molar-refractivity contribution in [3.63, 3.8) is 0 Å². The molecule has 0 unspecified atom stereocenters. The molecule has 2 N–H and O–H groups in total. The zero-order valence-electron chi connectivity index (χ0n) is 15.9. The lowest BCUT2D eigenvalue weighted by Crippen LogP contribution is -2.39. The highest BCUT2D eigenvalue weighted by molar-refractivity contribution is 5.94. The standard InChI is InChI=1S/C22H21N5O2/c23-21(28)17-4-1-3-16(13-17)19-20(26-11-10-25-19)18-5-2-12-27(14-18)22(29)15-6-8-24-9-7-15/h1,3-4,6-11,13,18H,2,5,12,14H2,(H2,23,28)/t18-/m0/s1. The first kappa shape index (κ1) is 18.7. The third-order valence-corrected chi connectivity index (χ3v) is 5.17. The van der Waals surface area contributed by atoms with Gasteiger partial charge in [-0.3, -0.25) is 24.5 Å². The maximum absolute atomic E-state index is 12.9. The van der Waals surface area contributed by atoms with Crippen molar-refractivity contribution in [3.05, 3.63) is 78.0 Å². The van der Waals surface area contributed by atoms with Crippen molar-refractivity contribution in [1.82, 2.24) is 19.9 Å². The highest BCUT2D eigenvalue weighted by Gasteiger charge is 2.28. The number of hydrogen-bond acceptors (Lipinski definition) is 5. The summed E-state index contributed by atoms with van der Waals surface area (Å²) < 4.78 is 0. The van der Waals surface area contributed by atoms with E-state index in [0.29, 0.717) is 24.2 Å². The zero-order valence-corrected chi connectivity index (χ0v) is 15.9. The van der Waals surface area contributed by atoms with Crippen molar-refractivity contribution in [1.29, 1.82) is 0 Å². The van der Waals surface area contributed by atoms with E-state index in [2.05, 4.69) is 15.0 Å². The van der Waals surface area contributed by atoms with Crippen LogP contribution in [0.2, 0.25) is 0 Å². The number of nitrogens with two attached hydrogens (primary N) is 1. The van der Waals surface area contributed by atoms with Crippen LogP contribution in [-0.2, 0) is 0 Å². The average molecular weight is 387 g/mol. The Morgan fingerprint density at radius 2 is 1.79 bits per heavy atom. The summed E-state index contributed by atoms with van der Waals surface area (Å²) in [5.74, 6) is -0.419. The maximum atomic E-state index is 12.9. The normalized spacial score (nSPS) is 16.4. The lowest BCUT2D eigenvalue weighted by molar-refractivity contribution is 0.0705. The molecule has 2 aromatic heterocycles. The molecule has 2 amide bonds. The van der Waals surface area contributed by atoms with E-state index in [0.717, 1.165) is 29.8 Å². The number of benzene rings is 1. The molecule has 146 valence electrons. The van der Waals surface area contributed by atoms with Crippen molar-refractivity contribution < 1.29 is 9.59 Å². The minimum Gasteiger partial charge on any atom is -0.366 e. The van der Waals surface area contributed by atoms with Gasteiger partial charge in [0, 0.05) is 60.5 Å². The summed E-state index contributed by atoms with van der Waals surface area (Å²) in [5.41, 5.74) is 8.84. The SMILES string of the molecule is NC(=O)c1cccc(-c2nccnc2[C@H]2CCCN(C(=O)c3ccncc3)C2)c1. The van der Waals surface area contributed by atoms with Gasteiger partial charge in [0.1, 0.15) is 0 Å². The van der Waals surface area contributed by atoms with E-state index >= 15 is 0 Å². The summed E-state index contributed by atoms with van der Waals surface area (Å²) in [4.78, 5) is 39.4. The monoisotopic (exact) mass is 387 g/mol. The van der Waals surface area contributed by atoms with Crippen LogP contribution in [0.5, 0.6) is 0 Å². The molecule has 1 saturated heterocycles. The molecule has 0 aliphatic carbocycles. The summed E-state index contributed by atoms with van der Waals surface area (Å²) in [5, 5.41) is 0. The Kier molecular flexibility index (Phi) is 5.29. The van der Waals surface area contributed by atoms with Gasteiger partial charge >= 0.3 is 0 Å². The third kappa shape index (κ3) is 3.99. The summed E-state index contributed by atoms with van der Waals surface area (Å²) in [7, 11) is 0. The first-order valence-corrected chi connectivity index (χ1v) is 9.54. The lowest BCUT2D eigenvalue weighted by atomic mass is 9.91. The summed E-state index contributed by atoms with van der Waals surface area (Å²) >= 11 is 0. The van der Waals surface area contributed by atoms with E-state index in [1.165, 1.54) is 0 Å². The van der Waals surface area contributed by atoms with Gasteiger partial charge in [-0.15, -0.1) is 0 Å². The molecule has 7 nitrogen and oxygen atoms in total. The van der Waals surface area contributed by atoms with Crippen molar-refractivity contribution in [3.8, 4) is 11.3 Å². The van der Waals surface area contributed by atoms with E-state index in [1.807, 2.05) is 11.0 Å². The van der Waals surface area contributed by atoms with Crippen LogP contribution in [0.1, 0.15) is 45.2 Å².